The van der Waals surface area contributed by atoms with Gasteiger partial charge >= 0.3 is 0 Å². The first-order chi connectivity index (χ1) is 16.4. The van der Waals surface area contributed by atoms with Gasteiger partial charge in [-0.25, -0.2) is 18.8 Å². The van der Waals surface area contributed by atoms with Gasteiger partial charge in [0.1, 0.15) is 44.1 Å². The Morgan fingerprint density at radius 2 is 0.912 bits per heavy atom. The first kappa shape index (κ1) is 18.5. The zero-order valence-corrected chi connectivity index (χ0v) is 17.0. The lowest BCUT2D eigenvalue weighted by atomic mass is 10.1. The molecule has 4 aromatic heterocycles. The maximum atomic E-state index is 13.5. The van der Waals surface area contributed by atoms with Gasteiger partial charge < -0.3 is 0 Å². The molecule has 0 amide bonds. The smallest absolute Gasteiger partial charge is 0.271 e. The number of fused-ring (bicyclic) bond motifs is 8. The Morgan fingerprint density at radius 3 is 1.29 bits per heavy atom. The molecule has 0 unspecified atom stereocenters. The predicted octanol–water partition coefficient (Wildman–Crippen LogP) is 0.308. The highest BCUT2D eigenvalue weighted by molar-refractivity contribution is 6.02. The fraction of sp³-hybridized carbons (Fsp3) is 0. The van der Waals surface area contributed by atoms with E-state index in [9.17, 15) is 19.2 Å². The van der Waals surface area contributed by atoms with E-state index in [0.717, 1.165) is 8.80 Å². The summed E-state index contributed by atoms with van der Waals surface area (Å²) in [5, 5.41) is 17.6. The summed E-state index contributed by atoms with van der Waals surface area (Å²) in [5.41, 5.74) is -4.61. The van der Waals surface area contributed by atoms with Crippen LogP contribution >= 0.6 is 0 Å². The van der Waals surface area contributed by atoms with E-state index in [4.69, 9.17) is 10.8 Å². The molecule has 0 fully saturated rings. The van der Waals surface area contributed by atoms with Crippen molar-refractivity contribution in [1.29, 1.82) is 10.8 Å². The van der Waals surface area contributed by atoms with Gasteiger partial charge in [-0.1, -0.05) is 48.5 Å². The standard InChI is InChI=1S/C24H10N6O4/c25-19-9-5-1-3-7-11(9)21-27-15-13(23(33)29(19)21)17(31)16-14(18(15)32)24(34)30-20(26)10-6-2-4-8-12(10)22(30)28-16/h1-8,25-26H. The van der Waals surface area contributed by atoms with Crippen molar-refractivity contribution in [3.8, 4) is 0 Å². The highest BCUT2D eigenvalue weighted by atomic mass is 16.2. The Balaban J connectivity index is 1.84. The van der Waals surface area contributed by atoms with Gasteiger partial charge in [-0.05, 0) is 0 Å². The highest BCUT2D eigenvalue weighted by Crippen LogP contribution is 2.18. The Labute approximate surface area is 185 Å². The molecule has 0 aliphatic carbocycles. The Morgan fingerprint density at radius 1 is 0.559 bits per heavy atom. The number of aromatic nitrogens is 4. The van der Waals surface area contributed by atoms with Crippen LogP contribution < -0.4 is 33.0 Å². The Bertz CT molecular complexity index is 2240. The summed E-state index contributed by atoms with van der Waals surface area (Å²) in [6, 6.07) is 13.4. The minimum absolute atomic E-state index is 0.0586. The van der Waals surface area contributed by atoms with E-state index in [1.54, 1.807) is 48.5 Å². The predicted molar refractivity (Wildman–Crippen MR) is 124 cm³/mol. The summed E-state index contributed by atoms with van der Waals surface area (Å²) < 4.78 is 1.98. The van der Waals surface area contributed by atoms with Crippen LogP contribution in [0.5, 0.6) is 0 Å². The van der Waals surface area contributed by atoms with Crippen molar-refractivity contribution >= 4 is 54.6 Å². The third-order valence-electron chi connectivity index (χ3n) is 6.34. The van der Waals surface area contributed by atoms with Crippen molar-refractivity contribution < 1.29 is 0 Å². The summed E-state index contributed by atoms with van der Waals surface area (Å²) >= 11 is 0. The molecule has 0 saturated heterocycles. The first-order valence-corrected chi connectivity index (χ1v) is 10.2. The molecule has 0 saturated carbocycles. The highest BCUT2D eigenvalue weighted by Gasteiger charge is 2.24. The number of rotatable bonds is 0. The van der Waals surface area contributed by atoms with Crippen molar-refractivity contribution in [3.63, 3.8) is 0 Å². The van der Waals surface area contributed by atoms with Crippen molar-refractivity contribution in [1.82, 2.24) is 18.8 Å². The van der Waals surface area contributed by atoms with Crippen LogP contribution in [0.2, 0.25) is 0 Å². The maximum Gasteiger partial charge on any atom is 0.271 e. The Hall–Kier alpha value is -5.12. The quantitative estimate of drug-likeness (QED) is 0.320. The van der Waals surface area contributed by atoms with Crippen LogP contribution in [0.3, 0.4) is 0 Å². The van der Waals surface area contributed by atoms with E-state index in [1.165, 1.54) is 0 Å². The van der Waals surface area contributed by atoms with Crippen molar-refractivity contribution in [2.75, 3.05) is 0 Å². The number of benzene rings is 3. The summed E-state index contributed by atoms with van der Waals surface area (Å²) in [4.78, 5) is 62.3. The molecule has 2 N–H and O–H groups in total. The van der Waals surface area contributed by atoms with Gasteiger partial charge in [0.15, 0.2) is 0 Å². The molecule has 160 valence electrons. The zero-order chi connectivity index (χ0) is 23.5. The van der Waals surface area contributed by atoms with E-state index in [0.29, 0.717) is 21.5 Å². The van der Waals surface area contributed by atoms with Crippen LogP contribution in [0, 0.1) is 10.8 Å². The molecule has 0 aliphatic rings. The molecule has 3 aromatic carbocycles. The van der Waals surface area contributed by atoms with Crippen molar-refractivity contribution in [2.45, 2.75) is 0 Å². The molecule has 10 heteroatoms. The number of nitrogens with zero attached hydrogens (tertiary/aromatic N) is 4. The normalized spacial score (nSPS) is 12.2. The summed E-state index contributed by atoms with van der Waals surface area (Å²) in [5.74, 6) is 0. The molecule has 0 bridgehead atoms. The SMILES string of the molecule is N=c1c2ccccc2c2nc3c(=O)c4c(=O)n5c(=N)c6ccccc6c5nc4c(=O)c3c(=O)n12. The molecule has 7 rings (SSSR count). The largest absolute Gasteiger partial charge is 0.287 e. The van der Waals surface area contributed by atoms with Gasteiger partial charge in [0, 0.05) is 21.5 Å². The first-order valence-electron chi connectivity index (χ1n) is 10.2. The van der Waals surface area contributed by atoms with Gasteiger partial charge in [-0.2, -0.15) is 0 Å². The molecule has 10 nitrogen and oxygen atoms in total. The van der Waals surface area contributed by atoms with Gasteiger partial charge in [-0.15, -0.1) is 0 Å². The Kier molecular flexibility index (Phi) is 3.15. The van der Waals surface area contributed by atoms with Crippen molar-refractivity contribution in [3.05, 3.63) is 101 Å². The second kappa shape index (κ2) is 5.81. The molecule has 0 aliphatic heterocycles. The molecule has 0 spiro atoms. The van der Waals surface area contributed by atoms with Gasteiger partial charge in [0.25, 0.3) is 11.1 Å². The van der Waals surface area contributed by atoms with E-state index < -0.39 is 43.8 Å². The van der Waals surface area contributed by atoms with E-state index >= 15 is 0 Å². The van der Waals surface area contributed by atoms with E-state index in [1.807, 2.05) is 0 Å². The lowest BCUT2D eigenvalue weighted by molar-refractivity contribution is 0.990. The van der Waals surface area contributed by atoms with Crippen LogP contribution in [-0.4, -0.2) is 18.8 Å². The van der Waals surface area contributed by atoms with Crippen LogP contribution in [0.25, 0.3) is 54.6 Å². The van der Waals surface area contributed by atoms with Crippen LogP contribution in [-0.2, 0) is 0 Å². The van der Waals surface area contributed by atoms with E-state index in [2.05, 4.69) is 9.97 Å². The maximum absolute atomic E-state index is 13.5. The van der Waals surface area contributed by atoms with Crippen LogP contribution in [0.1, 0.15) is 0 Å². The number of hydrogen-bond donors (Lipinski definition) is 2. The molecule has 4 heterocycles. The fourth-order valence-corrected chi connectivity index (χ4v) is 4.80. The molecule has 0 radical (unpaired) electrons. The third-order valence-corrected chi connectivity index (χ3v) is 6.34. The molecule has 7 aromatic rings. The van der Waals surface area contributed by atoms with Crippen molar-refractivity contribution in [2.24, 2.45) is 0 Å². The van der Waals surface area contributed by atoms with Gasteiger partial charge in [-0.3, -0.25) is 30.0 Å². The number of hydrogen-bond acceptors (Lipinski definition) is 8. The third kappa shape index (κ3) is 1.92. The fourth-order valence-electron chi connectivity index (χ4n) is 4.80. The van der Waals surface area contributed by atoms with Gasteiger partial charge in [0.2, 0.25) is 10.9 Å². The van der Waals surface area contributed by atoms with Crippen LogP contribution in [0.15, 0.2) is 67.7 Å². The lowest BCUT2D eigenvalue weighted by Crippen LogP contribution is -2.34. The second-order valence-electron chi connectivity index (χ2n) is 8.05. The minimum Gasteiger partial charge on any atom is -0.287 e. The topological polar surface area (TPSA) is 151 Å². The van der Waals surface area contributed by atoms with E-state index in [-0.39, 0.29) is 22.3 Å². The number of nitrogens with one attached hydrogen (secondary N) is 2. The molecular formula is C24H10N6O4. The van der Waals surface area contributed by atoms with Crippen LogP contribution in [0.4, 0.5) is 0 Å². The molecular weight excluding hydrogens is 436 g/mol. The molecule has 0 atom stereocenters. The monoisotopic (exact) mass is 446 g/mol. The lowest BCUT2D eigenvalue weighted by Gasteiger charge is -2.02. The second-order valence-corrected chi connectivity index (χ2v) is 8.05. The molecule has 34 heavy (non-hydrogen) atoms. The minimum atomic E-state index is -0.905. The summed E-state index contributed by atoms with van der Waals surface area (Å²) in [7, 11) is 0. The zero-order valence-electron chi connectivity index (χ0n) is 17.0. The average Bonchev–Trinajstić information content (AvgIpc) is 3.30. The summed E-state index contributed by atoms with van der Waals surface area (Å²) in [6.45, 7) is 0. The average molecular weight is 446 g/mol. The van der Waals surface area contributed by atoms with Gasteiger partial charge in [0.05, 0.1) is 0 Å². The summed E-state index contributed by atoms with van der Waals surface area (Å²) in [6.07, 6.45) is 0.